The molecule has 0 bridgehead atoms. The van der Waals surface area contributed by atoms with Crippen LogP contribution >= 0.6 is 0 Å². The first kappa shape index (κ1) is 5.92. The molecule has 3 nitrogen and oxygen atoms in total. The molecule has 10 heavy (non-hydrogen) atoms. The van der Waals surface area contributed by atoms with E-state index in [4.69, 9.17) is 5.73 Å². The van der Waals surface area contributed by atoms with Crippen molar-refractivity contribution in [2.45, 2.75) is 25.4 Å². The smallest absolute Gasteiger partial charge is 0.125 e. The summed E-state index contributed by atoms with van der Waals surface area (Å²) in [6, 6.07) is 0.692. The van der Waals surface area contributed by atoms with E-state index in [-0.39, 0.29) is 6.04 Å². The van der Waals surface area contributed by atoms with Gasteiger partial charge in [-0.25, -0.2) is 4.98 Å². The fraction of sp³-hybridized carbons (Fsp3) is 0.571. The molecule has 1 aromatic rings. The van der Waals surface area contributed by atoms with Gasteiger partial charge in [0.15, 0.2) is 0 Å². The third-order valence-electron chi connectivity index (χ3n) is 2.10. The maximum absolute atomic E-state index is 5.80. The van der Waals surface area contributed by atoms with Gasteiger partial charge in [-0.3, -0.25) is 0 Å². The van der Waals surface area contributed by atoms with Crippen LogP contribution in [-0.2, 0) is 0 Å². The summed E-state index contributed by atoms with van der Waals surface area (Å²) in [5.74, 6) is 1.03. The van der Waals surface area contributed by atoms with Gasteiger partial charge in [-0.1, -0.05) is 0 Å². The Morgan fingerprint density at radius 3 is 3.30 bits per heavy atom. The molecule has 0 aliphatic carbocycles. The zero-order chi connectivity index (χ0) is 7.14. The normalized spacial score (nSPS) is 30.6. The number of nitrogens with zero attached hydrogens (tertiary/aromatic N) is 2. The predicted molar refractivity (Wildman–Crippen MR) is 38.5 cm³/mol. The van der Waals surface area contributed by atoms with E-state index >= 15 is 0 Å². The Balaban J connectivity index is 2.48. The second-order valence-corrected chi connectivity index (χ2v) is 2.88. The van der Waals surface area contributed by atoms with Gasteiger partial charge in [0.05, 0.1) is 6.04 Å². The average Bonchev–Trinajstić information content (AvgIpc) is 2.39. The summed E-state index contributed by atoms with van der Waals surface area (Å²) in [5.41, 5.74) is 5.80. The summed E-state index contributed by atoms with van der Waals surface area (Å²) < 4.78 is 2.14. The quantitative estimate of drug-likeness (QED) is 0.576. The van der Waals surface area contributed by atoms with Crippen molar-refractivity contribution in [1.82, 2.24) is 9.55 Å². The summed E-state index contributed by atoms with van der Waals surface area (Å²) in [7, 11) is 0. The lowest BCUT2D eigenvalue weighted by Gasteiger charge is -2.02. The highest BCUT2D eigenvalue weighted by atomic mass is 15.1. The molecule has 3 heteroatoms. The molecule has 1 aliphatic rings. The minimum absolute atomic E-state index is 0.157. The van der Waals surface area contributed by atoms with Crippen molar-refractivity contribution in [2.75, 3.05) is 0 Å². The number of aromatic nitrogens is 2. The molecule has 2 rings (SSSR count). The molecular formula is C7H11N3. The van der Waals surface area contributed by atoms with E-state index < -0.39 is 0 Å². The van der Waals surface area contributed by atoms with Crippen LogP contribution in [0.2, 0.25) is 0 Å². The zero-order valence-electron chi connectivity index (χ0n) is 5.99. The fourth-order valence-electron chi connectivity index (χ4n) is 1.57. The van der Waals surface area contributed by atoms with Gasteiger partial charge in [-0.15, -0.1) is 0 Å². The number of rotatable bonds is 0. The molecule has 2 atom stereocenters. The highest BCUT2D eigenvalue weighted by Crippen LogP contribution is 2.30. The molecule has 0 spiro atoms. The molecule has 2 N–H and O–H groups in total. The number of hydrogen-bond acceptors (Lipinski definition) is 2. The van der Waals surface area contributed by atoms with E-state index in [0.29, 0.717) is 6.04 Å². The molecule has 0 saturated heterocycles. The Bertz CT molecular complexity index is 218. The number of fused-ring (bicyclic) bond motifs is 1. The van der Waals surface area contributed by atoms with E-state index in [2.05, 4.69) is 16.5 Å². The van der Waals surface area contributed by atoms with Gasteiger partial charge >= 0.3 is 0 Å². The maximum Gasteiger partial charge on any atom is 0.125 e. The van der Waals surface area contributed by atoms with Crippen molar-refractivity contribution in [2.24, 2.45) is 5.73 Å². The van der Waals surface area contributed by atoms with E-state index in [0.717, 1.165) is 12.2 Å². The standard InChI is InChI=1S/C7H11N3/c1-5-4-6(8)7-9-2-3-10(5)7/h2-3,5-6H,4,8H2,1H3. The average molecular weight is 137 g/mol. The highest BCUT2D eigenvalue weighted by molar-refractivity contribution is 5.06. The molecule has 0 fully saturated rings. The predicted octanol–water partition coefficient (Wildman–Crippen LogP) is 0.848. The monoisotopic (exact) mass is 137 g/mol. The molecule has 1 aromatic heterocycles. The first-order valence-corrected chi connectivity index (χ1v) is 3.57. The first-order valence-electron chi connectivity index (χ1n) is 3.57. The Kier molecular flexibility index (Phi) is 1.08. The Morgan fingerprint density at radius 1 is 1.80 bits per heavy atom. The number of imidazole rings is 1. The van der Waals surface area contributed by atoms with Gasteiger partial charge < -0.3 is 10.3 Å². The molecule has 0 saturated carbocycles. The summed E-state index contributed by atoms with van der Waals surface area (Å²) >= 11 is 0. The molecule has 2 heterocycles. The van der Waals surface area contributed by atoms with Crippen LogP contribution in [-0.4, -0.2) is 9.55 Å². The van der Waals surface area contributed by atoms with Gasteiger partial charge in [0, 0.05) is 18.4 Å². The van der Waals surface area contributed by atoms with Crippen LogP contribution in [0.25, 0.3) is 0 Å². The van der Waals surface area contributed by atoms with Crippen LogP contribution in [0.5, 0.6) is 0 Å². The Labute approximate surface area is 59.9 Å². The van der Waals surface area contributed by atoms with Gasteiger partial charge in [0.25, 0.3) is 0 Å². The van der Waals surface area contributed by atoms with E-state index in [1.54, 1.807) is 0 Å². The molecule has 0 aromatic carbocycles. The van der Waals surface area contributed by atoms with Gasteiger partial charge in [0.2, 0.25) is 0 Å². The Morgan fingerprint density at radius 2 is 2.60 bits per heavy atom. The summed E-state index contributed by atoms with van der Waals surface area (Å²) in [6.45, 7) is 2.16. The minimum Gasteiger partial charge on any atom is -0.331 e. The topological polar surface area (TPSA) is 43.8 Å². The van der Waals surface area contributed by atoms with Gasteiger partial charge in [-0.2, -0.15) is 0 Å². The van der Waals surface area contributed by atoms with Gasteiger partial charge in [-0.05, 0) is 13.3 Å². The van der Waals surface area contributed by atoms with Crippen molar-refractivity contribution in [3.05, 3.63) is 18.2 Å². The lowest BCUT2D eigenvalue weighted by molar-refractivity contribution is 0.554. The van der Waals surface area contributed by atoms with Crippen LogP contribution in [0.4, 0.5) is 0 Å². The minimum atomic E-state index is 0.157. The second kappa shape index (κ2) is 1.83. The SMILES string of the molecule is CC1CC(N)c2nccn21. The van der Waals surface area contributed by atoms with Crippen LogP contribution in [0.1, 0.15) is 31.3 Å². The molecule has 0 radical (unpaired) electrons. The molecule has 54 valence electrons. The van der Waals surface area contributed by atoms with Gasteiger partial charge in [0.1, 0.15) is 5.82 Å². The lowest BCUT2D eigenvalue weighted by Crippen LogP contribution is -2.06. The van der Waals surface area contributed by atoms with Crippen molar-refractivity contribution >= 4 is 0 Å². The largest absolute Gasteiger partial charge is 0.331 e. The summed E-state index contributed by atoms with van der Waals surface area (Å²) in [4.78, 5) is 4.17. The van der Waals surface area contributed by atoms with E-state index in [1.807, 2.05) is 12.4 Å². The number of nitrogens with two attached hydrogens (primary N) is 1. The number of hydrogen-bond donors (Lipinski definition) is 1. The maximum atomic E-state index is 5.80. The van der Waals surface area contributed by atoms with Crippen molar-refractivity contribution in [1.29, 1.82) is 0 Å². The highest BCUT2D eigenvalue weighted by Gasteiger charge is 2.25. The summed E-state index contributed by atoms with van der Waals surface area (Å²) in [6.07, 6.45) is 4.83. The second-order valence-electron chi connectivity index (χ2n) is 2.88. The molecular weight excluding hydrogens is 126 g/mol. The summed E-state index contributed by atoms with van der Waals surface area (Å²) in [5, 5.41) is 0. The van der Waals surface area contributed by atoms with Crippen LogP contribution < -0.4 is 5.73 Å². The van der Waals surface area contributed by atoms with E-state index in [9.17, 15) is 0 Å². The van der Waals surface area contributed by atoms with Crippen LogP contribution in [0.15, 0.2) is 12.4 Å². The molecule has 1 aliphatic heterocycles. The molecule has 2 unspecified atom stereocenters. The Hall–Kier alpha value is -0.830. The van der Waals surface area contributed by atoms with Crippen molar-refractivity contribution in [3.63, 3.8) is 0 Å². The fourth-order valence-corrected chi connectivity index (χ4v) is 1.57. The lowest BCUT2D eigenvalue weighted by atomic mass is 10.2. The zero-order valence-corrected chi connectivity index (χ0v) is 5.99. The first-order chi connectivity index (χ1) is 4.79. The van der Waals surface area contributed by atoms with Crippen LogP contribution in [0, 0.1) is 0 Å². The van der Waals surface area contributed by atoms with E-state index in [1.165, 1.54) is 0 Å². The molecule has 0 amide bonds. The van der Waals surface area contributed by atoms with Crippen molar-refractivity contribution < 1.29 is 0 Å². The third-order valence-corrected chi connectivity index (χ3v) is 2.10. The van der Waals surface area contributed by atoms with Crippen LogP contribution in [0.3, 0.4) is 0 Å². The van der Waals surface area contributed by atoms with Crippen molar-refractivity contribution in [3.8, 4) is 0 Å². The third kappa shape index (κ3) is 0.609.